The first-order valence-electron chi connectivity index (χ1n) is 8.61. The molecule has 0 aliphatic rings. The number of nitrogens with zero attached hydrogens (tertiary/aromatic N) is 5. The van der Waals surface area contributed by atoms with Crippen LogP contribution in [-0.2, 0) is 19.6 Å². The van der Waals surface area contributed by atoms with Gasteiger partial charge < -0.3 is 8.83 Å². The molecule has 3 aromatic heterocycles. The molecule has 1 aromatic carbocycles. The first-order chi connectivity index (χ1) is 13.3. The Hall–Kier alpha value is -3.32. The van der Waals surface area contributed by atoms with Crippen LogP contribution in [0.15, 0.2) is 70.8 Å². The monoisotopic (exact) mass is 361 g/mol. The number of hydrogen-bond donors (Lipinski definition) is 0. The molecule has 0 aliphatic carbocycles. The summed E-state index contributed by atoms with van der Waals surface area (Å²) in [7, 11) is 0. The van der Waals surface area contributed by atoms with E-state index < -0.39 is 0 Å². The zero-order valence-corrected chi connectivity index (χ0v) is 14.9. The number of benzene rings is 1. The minimum Gasteiger partial charge on any atom is -0.451 e. The molecule has 0 saturated heterocycles. The molecule has 4 rings (SSSR count). The van der Waals surface area contributed by atoms with Crippen molar-refractivity contribution in [1.82, 2.24) is 24.8 Å². The Kier molecular flexibility index (Phi) is 5.02. The van der Waals surface area contributed by atoms with Gasteiger partial charge >= 0.3 is 0 Å². The lowest BCUT2D eigenvalue weighted by Gasteiger charge is -2.19. The average molecular weight is 361 g/mol. The second-order valence-electron chi connectivity index (χ2n) is 6.39. The van der Waals surface area contributed by atoms with Crippen molar-refractivity contribution in [3.05, 3.63) is 84.5 Å². The third-order valence-electron chi connectivity index (χ3n) is 4.13. The molecule has 3 heterocycles. The van der Waals surface area contributed by atoms with E-state index in [1.54, 1.807) is 12.5 Å². The van der Waals surface area contributed by atoms with Gasteiger partial charge in [-0.05, 0) is 13.0 Å². The van der Waals surface area contributed by atoms with Crippen molar-refractivity contribution in [2.75, 3.05) is 0 Å². The molecule has 0 aliphatic heterocycles. The Bertz CT molecular complexity index is 930. The number of hydrogen-bond acceptors (Lipinski definition) is 7. The zero-order chi connectivity index (χ0) is 18.5. The summed E-state index contributed by atoms with van der Waals surface area (Å²) in [5, 5.41) is 0. The third-order valence-corrected chi connectivity index (χ3v) is 4.13. The Labute approximate surface area is 156 Å². The molecule has 4 aromatic rings. The van der Waals surface area contributed by atoms with Crippen molar-refractivity contribution in [3.63, 3.8) is 0 Å². The van der Waals surface area contributed by atoms with E-state index in [0.717, 1.165) is 28.3 Å². The van der Waals surface area contributed by atoms with Crippen LogP contribution in [0.1, 0.15) is 22.5 Å². The molecule has 0 unspecified atom stereocenters. The van der Waals surface area contributed by atoms with E-state index in [9.17, 15) is 0 Å². The topological polar surface area (TPSA) is 81.1 Å². The van der Waals surface area contributed by atoms with Gasteiger partial charge in [0.15, 0.2) is 18.6 Å². The van der Waals surface area contributed by atoms with Gasteiger partial charge in [-0.1, -0.05) is 23.8 Å². The normalized spacial score (nSPS) is 11.2. The minimum atomic E-state index is 0.628. The third kappa shape index (κ3) is 4.45. The molecule has 0 radical (unpaired) electrons. The Morgan fingerprint density at radius 2 is 1.52 bits per heavy atom. The molecular weight excluding hydrogens is 342 g/mol. The van der Waals surface area contributed by atoms with Crippen molar-refractivity contribution < 1.29 is 8.83 Å². The van der Waals surface area contributed by atoms with Crippen molar-refractivity contribution in [2.45, 2.75) is 26.6 Å². The van der Waals surface area contributed by atoms with Crippen LogP contribution in [0.3, 0.4) is 0 Å². The number of aromatic nitrogens is 4. The first kappa shape index (κ1) is 17.1. The van der Waals surface area contributed by atoms with E-state index in [-0.39, 0.29) is 0 Å². The predicted molar refractivity (Wildman–Crippen MR) is 98.2 cm³/mol. The molecule has 0 amide bonds. The zero-order valence-electron chi connectivity index (χ0n) is 14.9. The van der Waals surface area contributed by atoms with E-state index in [0.29, 0.717) is 19.6 Å². The quantitative estimate of drug-likeness (QED) is 0.497. The van der Waals surface area contributed by atoms with Gasteiger partial charge in [0.05, 0.1) is 11.4 Å². The highest BCUT2D eigenvalue weighted by Gasteiger charge is 2.12. The highest BCUT2D eigenvalue weighted by atomic mass is 16.3. The number of aryl methyl sites for hydroxylation is 1. The first-order valence-corrected chi connectivity index (χ1v) is 8.61. The summed E-state index contributed by atoms with van der Waals surface area (Å²) >= 11 is 0. The molecule has 0 N–H and O–H groups in total. The van der Waals surface area contributed by atoms with E-state index in [2.05, 4.69) is 43.9 Å². The fraction of sp³-hybridized carbons (Fsp3) is 0.200. The largest absolute Gasteiger partial charge is 0.451 e. The lowest BCUT2D eigenvalue weighted by molar-refractivity contribution is 0.241. The maximum atomic E-state index is 5.08. The lowest BCUT2D eigenvalue weighted by atomic mass is 10.1. The summed E-state index contributed by atoms with van der Waals surface area (Å²) in [4.78, 5) is 19.7. The average Bonchev–Trinajstić information content (AvgIpc) is 3.37. The van der Waals surface area contributed by atoms with Crippen molar-refractivity contribution in [1.29, 1.82) is 0 Å². The Balaban J connectivity index is 1.50. The van der Waals surface area contributed by atoms with Crippen LogP contribution in [0.2, 0.25) is 0 Å². The van der Waals surface area contributed by atoms with Gasteiger partial charge in [-0.2, -0.15) is 0 Å². The Morgan fingerprint density at radius 1 is 0.852 bits per heavy atom. The van der Waals surface area contributed by atoms with Crippen LogP contribution in [0.4, 0.5) is 0 Å². The van der Waals surface area contributed by atoms with Crippen LogP contribution in [0.5, 0.6) is 0 Å². The number of oxazole rings is 2. The predicted octanol–water partition coefficient (Wildman–Crippen LogP) is 3.63. The van der Waals surface area contributed by atoms with Gasteiger partial charge in [0.1, 0.15) is 12.5 Å². The van der Waals surface area contributed by atoms with Crippen molar-refractivity contribution in [2.24, 2.45) is 0 Å². The van der Waals surface area contributed by atoms with E-state index in [1.807, 2.05) is 24.5 Å². The smallest absolute Gasteiger partial charge is 0.180 e. The van der Waals surface area contributed by atoms with Crippen LogP contribution in [0, 0.1) is 6.92 Å². The molecule has 0 atom stereocenters. The maximum Gasteiger partial charge on any atom is 0.180 e. The van der Waals surface area contributed by atoms with Gasteiger partial charge in [-0.15, -0.1) is 0 Å². The fourth-order valence-corrected chi connectivity index (χ4v) is 2.88. The summed E-state index contributed by atoms with van der Waals surface area (Å²) in [6.45, 7) is 3.98. The molecule has 27 heavy (non-hydrogen) atoms. The maximum absolute atomic E-state index is 5.08. The molecule has 7 nitrogen and oxygen atoms in total. The summed E-state index contributed by atoms with van der Waals surface area (Å²) in [6, 6.07) is 8.17. The van der Waals surface area contributed by atoms with Crippen molar-refractivity contribution in [3.8, 4) is 11.4 Å². The van der Waals surface area contributed by atoms with E-state index in [1.165, 1.54) is 18.4 Å². The summed E-state index contributed by atoms with van der Waals surface area (Å²) in [5.41, 5.74) is 4.93. The lowest BCUT2D eigenvalue weighted by Crippen LogP contribution is -2.23. The van der Waals surface area contributed by atoms with Crippen LogP contribution in [0.25, 0.3) is 11.4 Å². The molecule has 7 heteroatoms. The summed E-state index contributed by atoms with van der Waals surface area (Å²) < 4.78 is 10.2. The Morgan fingerprint density at radius 3 is 2.07 bits per heavy atom. The molecule has 0 fully saturated rings. The SMILES string of the molecule is Cc1cccc(-c2ncc(CN(Cc3cocn3)Cc3cocn3)cn2)c1. The molecule has 0 bridgehead atoms. The summed E-state index contributed by atoms with van der Waals surface area (Å²) in [6.07, 6.45) is 9.89. The van der Waals surface area contributed by atoms with Gasteiger partial charge in [0.2, 0.25) is 0 Å². The number of rotatable bonds is 7. The second-order valence-corrected chi connectivity index (χ2v) is 6.39. The minimum absolute atomic E-state index is 0.628. The molecular formula is C20H19N5O2. The van der Waals surface area contributed by atoms with Gasteiger partial charge in [0, 0.05) is 43.2 Å². The van der Waals surface area contributed by atoms with E-state index in [4.69, 9.17) is 8.83 Å². The summed E-state index contributed by atoms with van der Waals surface area (Å²) in [5.74, 6) is 0.724. The highest BCUT2D eigenvalue weighted by molar-refractivity contribution is 5.55. The van der Waals surface area contributed by atoms with Gasteiger partial charge in [0.25, 0.3) is 0 Å². The second kappa shape index (κ2) is 7.92. The van der Waals surface area contributed by atoms with Crippen molar-refractivity contribution >= 4 is 0 Å². The van der Waals surface area contributed by atoms with Crippen LogP contribution in [-0.4, -0.2) is 24.8 Å². The fourth-order valence-electron chi connectivity index (χ4n) is 2.88. The molecule has 0 spiro atoms. The molecule has 0 saturated carbocycles. The van der Waals surface area contributed by atoms with Gasteiger partial charge in [-0.3, -0.25) is 4.90 Å². The van der Waals surface area contributed by atoms with Crippen LogP contribution < -0.4 is 0 Å². The standard InChI is InChI=1S/C20H19N5O2/c1-15-3-2-4-17(5-15)20-21-6-16(7-22-20)8-25(9-18-11-26-13-23-18)10-19-12-27-14-24-19/h2-7,11-14H,8-10H2,1H3. The van der Waals surface area contributed by atoms with Gasteiger partial charge in [-0.25, -0.2) is 19.9 Å². The highest BCUT2D eigenvalue weighted by Crippen LogP contribution is 2.17. The van der Waals surface area contributed by atoms with E-state index >= 15 is 0 Å². The van der Waals surface area contributed by atoms with Crippen LogP contribution >= 0.6 is 0 Å². The molecule has 136 valence electrons.